The van der Waals surface area contributed by atoms with Crippen molar-refractivity contribution in [2.24, 2.45) is 7.05 Å². The van der Waals surface area contributed by atoms with Gasteiger partial charge in [0.1, 0.15) is 5.75 Å². The summed E-state index contributed by atoms with van der Waals surface area (Å²) in [6.07, 6.45) is 5.57. The van der Waals surface area contributed by atoms with Gasteiger partial charge >= 0.3 is 0 Å². The number of nitrogens with zero attached hydrogens (tertiary/aromatic N) is 5. The van der Waals surface area contributed by atoms with Gasteiger partial charge in [-0.25, -0.2) is 0 Å². The molecule has 0 bridgehead atoms. The van der Waals surface area contributed by atoms with Crippen molar-refractivity contribution in [2.45, 2.75) is 12.5 Å². The van der Waals surface area contributed by atoms with Gasteiger partial charge in [-0.1, -0.05) is 0 Å². The highest BCUT2D eigenvalue weighted by atomic mass is 16.5. The largest absolute Gasteiger partial charge is 0.496 e. The highest BCUT2D eigenvalue weighted by Gasteiger charge is 2.30. The van der Waals surface area contributed by atoms with E-state index in [1.807, 2.05) is 0 Å². The van der Waals surface area contributed by atoms with Crippen molar-refractivity contribution in [2.75, 3.05) is 20.2 Å². The molecule has 1 aliphatic heterocycles. The Labute approximate surface area is 126 Å². The van der Waals surface area contributed by atoms with Crippen LogP contribution in [0.15, 0.2) is 29.5 Å². The summed E-state index contributed by atoms with van der Waals surface area (Å²) >= 11 is 0. The maximum absolute atomic E-state index is 12.7. The van der Waals surface area contributed by atoms with Crippen LogP contribution in [-0.2, 0) is 7.05 Å². The Morgan fingerprint density at radius 3 is 2.77 bits per heavy atom. The number of aryl methyl sites for hydroxylation is 1. The second-order valence-electron chi connectivity index (χ2n) is 5.25. The van der Waals surface area contributed by atoms with Gasteiger partial charge in [-0.05, 0) is 6.42 Å². The van der Waals surface area contributed by atoms with Gasteiger partial charge in [-0.15, -0.1) is 0 Å². The molecule has 0 aliphatic carbocycles. The van der Waals surface area contributed by atoms with Crippen LogP contribution < -0.4 is 10.3 Å². The number of amides is 1. The monoisotopic (exact) mass is 303 g/mol. The van der Waals surface area contributed by atoms with E-state index in [9.17, 15) is 9.59 Å². The predicted molar refractivity (Wildman–Crippen MR) is 77.8 cm³/mol. The van der Waals surface area contributed by atoms with Crippen molar-refractivity contribution in [3.8, 4) is 5.75 Å². The van der Waals surface area contributed by atoms with Gasteiger partial charge in [0.25, 0.3) is 11.5 Å². The Hall–Kier alpha value is -2.64. The Kier molecular flexibility index (Phi) is 3.66. The zero-order valence-electron chi connectivity index (χ0n) is 12.5. The molecule has 116 valence electrons. The van der Waals surface area contributed by atoms with E-state index in [-0.39, 0.29) is 17.5 Å². The minimum absolute atomic E-state index is 0.0810. The van der Waals surface area contributed by atoms with Gasteiger partial charge in [-0.2, -0.15) is 15.0 Å². The van der Waals surface area contributed by atoms with Gasteiger partial charge in [0.2, 0.25) is 0 Å². The zero-order chi connectivity index (χ0) is 15.7. The summed E-state index contributed by atoms with van der Waals surface area (Å²) in [7, 11) is 3.06. The molecule has 0 spiro atoms. The molecule has 1 unspecified atom stereocenters. The molecule has 0 N–H and O–H groups in total. The van der Waals surface area contributed by atoms with Crippen molar-refractivity contribution in [1.82, 2.24) is 24.5 Å². The quantitative estimate of drug-likeness (QED) is 0.801. The first kappa shape index (κ1) is 14.3. The molecule has 3 heterocycles. The second-order valence-corrected chi connectivity index (χ2v) is 5.25. The molecule has 1 aliphatic rings. The Morgan fingerprint density at radius 1 is 1.36 bits per heavy atom. The van der Waals surface area contributed by atoms with E-state index in [1.54, 1.807) is 29.1 Å². The molecule has 1 saturated heterocycles. The highest BCUT2D eigenvalue weighted by Crippen LogP contribution is 2.24. The van der Waals surface area contributed by atoms with Crippen molar-refractivity contribution >= 4 is 5.91 Å². The van der Waals surface area contributed by atoms with Gasteiger partial charge in [-0.3, -0.25) is 9.59 Å². The number of pyridine rings is 1. The van der Waals surface area contributed by atoms with Crippen LogP contribution in [0.4, 0.5) is 0 Å². The molecule has 0 aromatic carbocycles. The summed E-state index contributed by atoms with van der Waals surface area (Å²) < 4.78 is 6.54. The lowest BCUT2D eigenvalue weighted by Crippen LogP contribution is -2.31. The predicted octanol–water partition coefficient (Wildman–Crippen LogP) is 0.0726. The molecule has 2 aromatic heterocycles. The van der Waals surface area contributed by atoms with Crippen LogP contribution in [0.5, 0.6) is 5.75 Å². The summed E-state index contributed by atoms with van der Waals surface area (Å²) in [5, 5.41) is 8.24. The summed E-state index contributed by atoms with van der Waals surface area (Å²) in [4.78, 5) is 27.7. The standard InChI is InChI=1S/C14H17N5O3/c1-17-9-11(12(22-2)7-13(17)20)14(21)18-6-3-10(8-18)19-15-4-5-16-19/h4-5,7,9-10H,3,6,8H2,1-2H3. The first-order chi connectivity index (χ1) is 10.6. The molecule has 2 aromatic rings. The van der Waals surface area contributed by atoms with Crippen LogP contribution in [-0.4, -0.2) is 50.6 Å². The minimum atomic E-state index is -0.214. The van der Waals surface area contributed by atoms with E-state index >= 15 is 0 Å². The fourth-order valence-corrected chi connectivity index (χ4v) is 2.64. The lowest BCUT2D eigenvalue weighted by Gasteiger charge is -2.18. The second kappa shape index (κ2) is 5.63. The van der Waals surface area contributed by atoms with Crippen molar-refractivity contribution in [3.05, 3.63) is 40.6 Å². The Bertz CT molecular complexity index is 737. The third kappa shape index (κ3) is 2.47. The molecule has 8 heteroatoms. The molecular weight excluding hydrogens is 286 g/mol. The molecular formula is C14H17N5O3. The average molecular weight is 303 g/mol. The zero-order valence-corrected chi connectivity index (χ0v) is 12.5. The minimum Gasteiger partial charge on any atom is -0.496 e. The highest BCUT2D eigenvalue weighted by molar-refractivity contribution is 5.96. The number of ether oxygens (including phenoxy) is 1. The smallest absolute Gasteiger partial charge is 0.259 e. The van der Waals surface area contributed by atoms with Crippen molar-refractivity contribution in [1.29, 1.82) is 0 Å². The molecule has 3 rings (SSSR count). The Balaban J connectivity index is 1.83. The summed E-state index contributed by atoms with van der Waals surface area (Å²) in [6.45, 7) is 1.16. The van der Waals surface area contributed by atoms with Crippen LogP contribution in [0, 0.1) is 0 Å². The van der Waals surface area contributed by atoms with Gasteiger partial charge in [0.05, 0.1) is 31.1 Å². The number of likely N-dealkylation sites (tertiary alicyclic amines) is 1. The van der Waals surface area contributed by atoms with E-state index in [2.05, 4.69) is 10.2 Å². The average Bonchev–Trinajstić information content (AvgIpc) is 3.19. The number of aromatic nitrogens is 4. The molecule has 22 heavy (non-hydrogen) atoms. The first-order valence-electron chi connectivity index (χ1n) is 7.00. The number of rotatable bonds is 3. The SMILES string of the molecule is COc1cc(=O)n(C)cc1C(=O)N1CCC(n2nccn2)C1. The van der Waals surface area contributed by atoms with Crippen LogP contribution >= 0.6 is 0 Å². The number of hydrogen-bond acceptors (Lipinski definition) is 5. The third-order valence-corrected chi connectivity index (χ3v) is 3.85. The fraction of sp³-hybridized carbons (Fsp3) is 0.429. The number of carbonyl (C=O) groups excluding carboxylic acids is 1. The maximum Gasteiger partial charge on any atom is 0.259 e. The van der Waals surface area contributed by atoms with E-state index in [1.165, 1.54) is 23.9 Å². The normalized spacial score (nSPS) is 17.7. The summed E-state index contributed by atoms with van der Waals surface area (Å²) in [6, 6.07) is 1.41. The third-order valence-electron chi connectivity index (χ3n) is 3.85. The van der Waals surface area contributed by atoms with E-state index in [0.717, 1.165) is 6.42 Å². The number of carbonyl (C=O) groups is 1. The van der Waals surface area contributed by atoms with Crippen LogP contribution in [0.25, 0.3) is 0 Å². The van der Waals surface area contributed by atoms with E-state index in [0.29, 0.717) is 24.4 Å². The molecule has 8 nitrogen and oxygen atoms in total. The van der Waals surface area contributed by atoms with Crippen LogP contribution in [0.3, 0.4) is 0 Å². The van der Waals surface area contributed by atoms with Gasteiger partial charge in [0, 0.05) is 32.4 Å². The summed E-state index contributed by atoms with van der Waals surface area (Å²) in [5.74, 6) is 0.149. The summed E-state index contributed by atoms with van der Waals surface area (Å²) in [5.41, 5.74) is 0.173. The van der Waals surface area contributed by atoms with Gasteiger partial charge < -0.3 is 14.2 Å². The Morgan fingerprint density at radius 2 is 2.09 bits per heavy atom. The number of hydrogen-bond donors (Lipinski definition) is 0. The maximum atomic E-state index is 12.7. The van der Waals surface area contributed by atoms with Crippen LogP contribution in [0.1, 0.15) is 22.8 Å². The van der Waals surface area contributed by atoms with E-state index < -0.39 is 0 Å². The lowest BCUT2D eigenvalue weighted by molar-refractivity contribution is 0.0782. The topological polar surface area (TPSA) is 82.2 Å². The molecule has 1 amide bonds. The molecule has 1 atom stereocenters. The van der Waals surface area contributed by atoms with Crippen molar-refractivity contribution in [3.63, 3.8) is 0 Å². The first-order valence-corrected chi connectivity index (χ1v) is 7.00. The molecule has 0 saturated carbocycles. The lowest BCUT2D eigenvalue weighted by atomic mass is 10.2. The van der Waals surface area contributed by atoms with Crippen LogP contribution in [0.2, 0.25) is 0 Å². The molecule has 0 radical (unpaired) electrons. The fourth-order valence-electron chi connectivity index (χ4n) is 2.64. The van der Waals surface area contributed by atoms with E-state index in [4.69, 9.17) is 4.74 Å². The van der Waals surface area contributed by atoms with Crippen molar-refractivity contribution < 1.29 is 9.53 Å². The molecule has 1 fully saturated rings. The number of methoxy groups -OCH3 is 1. The van der Waals surface area contributed by atoms with Gasteiger partial charge in [0.15, 0.2) is 0 Å².